The van der Waals surface area contributed by atoms with Crippen molar-refractivity contribution in [2.75, 3.05) is 11.9 Å². The molecule has 0 aromatic heterocycles. The smallest absolute Gasteiger partial charge is 0.152 e. The number of aryl methyl sites for hydroxylation is 2. The average molecular weight is 331 g/mol. The van der Waals surface area contributed by atoms with Gasteiger partial charge in [-0.3, -0.25) is 0 Å². The number of benzene rings is 3. The Morgan fingerprint density at radius 1 is 0.720 bits per heavy atom. The maximum atomic E-state index is 10.1. The number of aliphatic hydroxyl groups excluding tert-OH is 1. The molecule has 3 aromatic carbocycles. The standard InChI is InChI=1S/C15H15O.C8H10N/c1-11-3-7-13(8-4-11)15(16)14-9-5-12(2)6-10-14;1-9(2)8-6-4-3-5-7-8/h3-10,16H,1-2H3;3-7H,1H2,2H3. The summed E-state index contributed by atoms with van der Waals surface area (Å²) >= 11 is 0. The van der Waals surface area contributed by atoms with Gasteiger partial charge in [0, 0.05) is 19.8 Å². The molecular weight excluding hydrogens is 306 g/mol. The Bertz CT molecular complexity index is 701. The minimum absolute atomic E-state index is 0.333. The Morgan fingerprint density at radius 3 is 1.44 bits per heavy atom. The summed E-state index contributed by atoms with van der Waals surface area (Å²) in [6, 6.07) is 25.8. The third kappa shape index (κ3) is 5.77. The fraction of sp³-hybridized carbons (Fsp3) is 0.130. The summed E-state index contributed by atoms with van der Waals surface area (Å²) in [6.07, 6.45) is 0.333. The van der Waals surface area contributed by atoms with Crippen LogP contribution in [-0.2, 0) is 0 Å². The van der Waals surface area contributed by atoms with Crippen LogP contribution in [0.3, 0.4) is 0 Å². The lowest BCUT2D eigenvalue weighted by molar-refractivity contribution is 0.356. The number of hydrogen-bond donors (Lipinski definition) is 1. The van der Waals surface area contributed by atoms with Gasteiger partial charge in [0.1, 0.15) is 0 Å². The number of hydrogen-bond acceptors (Lipinski definition) is 2. The highest BCUT2D eigenvalue weighted by Crippen LogP contribution is 2.21. The van der Waals surface area contributed by atoms with Gasteiger partial charge in [-0.25, -0.2) is 0 Å². The monoisotopic (exact) mass is 331 g/mol. The summed E-state index contributed by atoms with van der Waals surface area (Å²) in [5.41, 5.74) is 5.24. The summed E-state index contributed by atoms with van der Waals surface area (Å²) in [7, 11) is 5.67. The highest BCUT2D eigenvalue weighted by Gasteiger charge is 2.10. The van der Waals surface area contributed by atoms with Crippen LogP contribution < -0.4 is 4.90 Å². The van der Waals surface area contributed by atoms with Crippen molar-refractivity contribution in [1.82, 2.24) is 0 Å². The molecule has 2 radical (unpaired) electrons. The minimum Gasteiger partial charge on any atom is -0.377 e. The summed E-state index contributed by atoms with van der Waals surface area (Å²) in [4.78, 5) is 1.83. The third-order valence-electron chi connectivity index (χ3n) is 3.85. The van der Waals surface area contributed by atoms with E-state index in [1.807, 2.05) is 105 Å². The SMILES string of the molecule is Cc1ccc([C](O)c2ccc(C)cc2)cc1.[CH2]N(C)c1ccccc1. The van der Waals surface area contributed by atoms with Crippen molar-refractivity contribution in [3.63, 3.8) is 0 Å². The summed E-state index contributed by atoms with van der Waals surface area (Å²) in [5, 5.41) is 10.1. The molecule has 0 bridgehead atoms. The predicted octanol–water partition coefficient (Wildman–Crippen LogP) is 5.52. The second kappa shape index (κ2) is 9.05. The molecule has 0 aliphatic rings. The molecule has 0 aliphatic heterocycles. The lowest BCUT2D eigenvalue weighted by Gasteiger charge is -2.10. The van der Waals surface area contributed by atoms with Crippen molar-refractivity contribution in [3.8, 4) is 0 Å². The van der Waals surface area contributed by atoms with E-state index in [1.54, 1.807) is 0 Å². The Kier molecular flexibility index (Phi) is 6.79. The zero-order chi connectivity index (χ0) is 18.2. The molecule has 0 unspecified atom stereocenters. The van der Waals surface area contributed by atoms with Crippen LogP contribution in [0.2, 0.25) is 0 Å². The Labute approximate surface area is 151 Å². The first-order chi connectivity index (χ1) is 12.0. The van der Waals surface area contributed by atoms with Crippen LogP contribution in [0.1, 0.15) is 22.3 Å². The van der Waals surface area contributed by atoms with Gasteiger partial charge in [-0.05, 0) is 37.1 Å². The Hall–Kier alpha value is -2.58. The second-order valence-electron chi connectivity index (χ2n) is 6.11. The van der Waals surface area contributed by atoms with Crippen LogP contribution in [0, 0.1) is 27.0 Å². The molecule has 25 heavy (non-hydrogen) atoms. The van der Waals surface area contributed by atoms with E-state index in [0.717, 1.165) is 16.8 Å². The predicted molar refractivity (Wildman–Crippen MR) is 106 cm³/mol. The Morgan fingerprint density at radius 2 is 1.12 bits per heavy atom. The van der Waals surface area contributed by atoms with Crippen molar-refractivity contribution in [2.45, 2.75) is 13.8 Å². The number of aliphatic hydroxyl groups is 1. The molecule has 0 saturated heterocycles. The van der Waals surface area contributed by atoms with E-state index in [9.17, 15) is 5.11 Å². The molecule has 3 aromatic rings. The summed E-state index contributed by atoms with van der Waals surface area (Å²) in [6.45, 7) is 4.07. The lowest BCUT2D eigenvalue weighted by atomic mass is 10.00. The molecule has 2 heteroatoms. The molecule has 0 fully saturated rings. The first-order valence-corrected chi connectivity index (χ1v) is 8.26. The number of nitrogens with zero attached hydrogens (tertiary/aromatic N) is 1. The van der Waals surface area contributed by atoms with E-state index in [0.29, 0.717) is 6.10 Å². The highest BCUT2D eigenvalue weighted by molar-refractivity contribution is 5.45. The molecule has 0 saturated carbocycles. The molecule has 2 nitrogen and oxygen atoms in total. The van der Waals surface area contributed by atoms with Crippen LogP contribution in [0.5, 0.6) is 0 Å². The van der Waals surface area contributed by atoms with Gasteiger partial charge in [0.25, 0.3) is 0 Å². The van der Waals surface area contributed by atoms with Gasteiger partial charge in [-0.2, -0.15) is 0 Å². The summed E-state index contributed by atoms with van der Waals surface area (Å²) < 4.78 is 0. The van der Waals surface area contributed by atoms with E-state index >= 15 is 0 Å². The number of rotatable bonds is 3. The molecule has 0 aliphatic carbocycles. The first-order valence-electron chi connectivity index (χ1n) is 8.26. The van der Waals surface area contributed by atoms with E-state index < -0.39 is 0 Å². The van der Waals surface area contributed by atoms with Gasteiger partial charge in [0.15, 0.2) is 6.10 Å². The van der Waals surface area contributed by atoms with E-state index in [2.05, 4.69) is 7.05 Å². The average Bonchev–Trinajstić information content (AvgIpc) is 2.64. The van der Waals surface area contributed by atoms with Crippen LogP contribution in [-0.4, -0.2) is 12.2 Å². The largest absolute Gasteiger partial charge is 0.377 e. The minimum atomic E-state index is 0.333. The maximum absolute atomic E-state index is 10.1. The van der Waals surface area contributed by atoms with Crippen molar-refractivity contribution >= 4 is 5.69 Å². The van der Waals surface area contributed by atoms with Crippen molar-refractivity contribution in [3.05, 3.63) is 114 Å². The Balaban J connectivity index is 0.000000212. The molecule has 3 rings (SSSR count). The fourth-order valence-electron chi connectivity index (χ4n) is 2.27. The fourth-order valence-corrected chi connectivity index (χ4v) is 2.27. The highest BCUT2D eigenvalue weighted by atomic mass is 16.3. The maximum Gasteiger partial charge on any atom is 0.152 e. The zero-order valence-corrected chi connectivity index (χ0v) is 15.1. The molecular formula is C23H25NO. The van der Waals surface area contributed by atoms with E-state index in [1.165, 1.54) is 11.1 Å². The van der Waals surface area contributed by atoms with Crippen LogP contribution in [0.15, 0.2) is 78.9 Å². The zero-order valence-electron chi connectivity index (χ0n) is 15.1. The molecule has 0 amide bonds. The van der Waals surface area contributed by atoms with Crippen molar-refractivity contribution in [1.29, 1.82) is 0 Å². The topological polar surface area (TPSA) is 23.5 Å². The molecule has 0 atom stereocenters. The van der Waals surface area contributed by atoms with Gasteiger partial charge in [-0.1, -0.05) is 77.9 Å². The van der Waals surface area contributed by atoms with E-state index in [4.69, 9.17) is 0 Å². The van der Waals surface area contributed by atoms with Gasteiger partial charge in [-0.15, -0.1) is 0 Å². The third-order valence-corrected chi connectivity index (χ3v) is 3.85. The number of para-hydroxylation sites is 1. The summed E-state index contributed by atoms with van der Waals surface area (Å²) in [5.74, 6) is 0. The van der Waals surface area contributed by atoms with Crippen LogP contribution in [0.4, 0.5) is 5.69 Å². The normalized spacial score (nSPS) is 10.2. The molecule has 0 heterocycles. The van der Waals surface area contributed by atoms with Crippen molar-refractivity contribution < 1.29 is 5.11 Å². The van der Waals surface area contributed by atoms with Crippen molar-refractivity contribution in [2.24, 2.45) is 0 Å². The van der Waals surface area contributed by atoms with Crippen LogP contribution >= 0.6 is 0 Å². The van der Waals surface area contributed by atoms with E-state index in [-0.39, 0.29) is 0 Å². The first kappa shape index (κ1) is 18.8. The molecule has 1 N–H and O–H groups in total. The lowest BCUT2D eigenvalue weighted by Crippen LogP contribution is -2.04. The molecule has 128 valence electrons. The van der Waals surface area contributed by atoms with Gasteiger partial charge >= 0.3 is 0 Å². The van der Waals surface area contributed by atoms with Crippen LogP contribution in [0.25, 0.3) is 0 Å². The quantitative estimate of drug-likeness (QED) is 0.683. The second-order valence-corrected chi connectivity index (χ2v) is 6.11. The van der Waals surface area contributed by atoms with Gasteiger partial charge in [0.05, 0.1) is 0 Å². The van der Waals surface area contributed by atoms with Gasteiger partial charge in [0.2, 0.25) is 0 Å². The van der Waals surface area contributed by atoms with Gasteiger partial charge < -0.3 is 10.0 Å². The number of anilines is 1. The molecule has 0 spiro atoms.